The van der Waals surface area contributed by atoms with Crippen molar-refractivity contribution in [3.8, 4) is 0 Å². The lowest BCUT2D eigenvalue weighted by Gasteiger charge is -2.41. The van der Waals surface area contributed by atoms with Crippen molar-refractivity contribution < 1.29 is 4.74 Å². The van der Waals surface area contributed by atoms with Crippen LogP contribution in [0, 0.1) is 0 Å². The first-order valence-electron chi connectivity index (χ1n) is 8.66. The van der Waals surface area contributed by atoms with Crippen molar-refractivity contribution in [3.05, 3.63) is 35.9 Å². The maximum atomic E-state index is 6.16. The van der Waals surface area contributed by atoms with E-state index < -0.39 is 0 Å². The number of hydrogen-bond acceptors (Lipinski definition) is 2. The lowest BCUT2D eigenvalue weighted by atomic mass is 9.85. The summed E-state index contributed by atoms with van der Waals surface area (Å²) in [6, 6.07) is 11.3. The largest absolute Gasteiger partial charge is 0.374 e. The van der Waals surface area contributed by atoms with Gasteiger partial charge in [-0.15, -0.1) is 0 Å². The lowest BCUT2D eigenvalue weighted by Crippen LogP contribution is -2.52. The molecule has 2 unspecified atom stereocenters. The molecule has 0 amide bonds. The molecular formula is C19H31NO. The van der Waals surface area contributed by atoms with Crippen molar-refractivity contribution in [3.63, 3.8) is 0 Å². The van der Waals surface area contributed by atoms with Gasteiger partial charge in [-0.2, -0.15) is 0 Å². The van der Waals surface area contributed by atoms with Gasteiger partial charge in [0, 0.05) is 12.6 Å². The third-order valence-corrected chi connectivity index (χ3v) is 4.68. The van der Waals surface area contributed by atoms with Crippen molar-refractivity contribution in [2.75, 3.05) is 13.2 Å². The predicted molar refractivity (Wildman–Crippen MR) is 89.7 cm³/mol. The van der Waals surface area contributed by atoms with Gasteiger partial charge < -0.3 is 10.1 Å². The first-order valence-corrected chi connectivity index (χ1v) is 8.66. The van der Waals surface area contributed by atoms with E-state index in [9.17, 15) is 0 Å². The van der Waals surface area contributed by atoms with E-state index in [-0.39, 0.29) is 5.60 Å². The Kier molecular flexibility index (Phi) is 6.72. The third kappa shape index (κ3) is 5.12. The number of nitrogens with one attached hydrogen (secondary N) is 1. The second-order valence-electron chi connectivity index (χ2n) is 6.50. The maximum Gasteiger partial charge on any atom is 0.0806 e. The van der Waals surface area contributed by atoms with E-state index in [2.05, 4.69) is 49.5 Å². The molecule has 1 aromatic rings. The van der Waals surface area contributed by atoms with Gasteiger partial charge in [0.15, 0.2) is 0 Å². The van der Waals surface area contributed by atoms with E-state index in [1.807, 2.05) is 0 Å². The summed E-state index contributed by atoms with van der Waals surface area (Å²) in [5.74, 6) is 0. The van der Waals surface area contributed by atoms with Gasteiger partial charge >= 0.3 is 0 Å². The summed E-state index contributed by atoms with van der Waals surface area (Å²) in [6.45, 7) is 6.56. The highest BCUT2D eigenvalue weighted by molar-refractivity contribution is 5.14. The van der Waals surface area contributed by atoms with Gasteiger partial charge in [-0.05, 0) is 64.0 Å². The van der Waals surface area contributed by atoms with Gasteiger partial charge in [-0.3, -0.25) is 0 Å². The lowest BCUT2D eigenvalue weighted by molar-refractivity contribution is -0.0902. The minimum absolute atomic E-state index is 0.0319. The monoisotopic (exact) mass is 289 g/mol. The van der Waals surface area contributed by atoms with Crippen LogP contribution in [-0.4, -0.2) is 24.8 Å². The Labute approximate surface area is 130 Å². The van der Waals surface area contributed by atoms with Gasteiger partial charge in [0.1, 0.15) is 0 Å². The van der Waals surface area contributed by atoms with Crippen LogP contribution in [0.2, 0.25) is 0 Å². The fourth-order valence-electron chi connectivity index (χ4n) is 3.33. The molecule has 2 nitrogen and oxygen atoms in total. The number of aryl methyl sites for hydroxylation is 1. The molecule has 0 aliphatic carbocycles. The first-order chi connectivity index (χ1) is 10.2. The van der Waals surface area contributed by atoms with E-state index in [0.29, 0.717) is 6.04 Å². The van der Waals surface area contributed by atoms with E-state index in [4.69, 9.17) is 4.74 Å². The van der Waals surface area contributed by atoms with Crippen molar-refractivity contribution >= 4 is 0 Å². The smallest absolute Gasteiger partial charge is 0.0806 e. The van der Waals surface area contributed by atoms with E-state index in [0.717, 1.165) is 13.2 Å². The maximum absolute atomic E-state index is 6.16. The number of rotatable bonds is 8. The zero-order valence-electron chi connectivity index (χ0n) is 13.7. The molecule has 1 N–H and O–H groups in total. The molecule has 1 fully saturated rings. The summed E-state index contributed by atoms with van der Waals surface area (Å²) >= 11 is 0. The van der Waals surface area contributed by atoms with Crippen LogP contribution in [0.25, 0.3) is 0 Å². The fraction of sp³-hybridized carbons (Fsp3) is 0.684. The molecule has 0 aromatic heterocycles. The summed E-state index contributed by atoms with van der Waals surface area (Å²) in [5, 5.41) is 3.74. The quantitative estimate of drug-likeness (QED) is 0.769. The van der Waals surface area contributed by atoms with Crippen LogP contribution in [0.4, 0.5) is 0 Å². The second kappa shape index (κ2) is 8.55. The number of hydrogen-bond donors (Lipinski definition) is 1. The summed E-state index contributed by atoms with van der Waals surface area (Å²) in [7, 11) is 0. The molecule has 1 aromatic carbocycles. The Balaban J connectivity index is 1.86. The van der Waals surface area contributed by atoms with Crippen LogP contribution in [-0.2, 0) is 11.2 Å². The van der Waals surface area contributed by atoms with Gasteiger partial charge in [-0.25, -0.2) is 0 Å². The Bertz CT molecular complexity index is 384. The molecule has 2 rings (SSSR count). The van der Waals surface area contributed by atoms with Crippen LogP contribution in [0.5, 0.6) is 0 Å². The van der Waals surface area contributed by atoms with Crippen molar-refractivity contribution in [1.29, 1.82) is 0 Å². The summed E-state index contributed by atoms with van der Waals surface area (Å²) in [5.41, 5.74) is 1.48. The Hall–Kier alpha value is -0.860. The van der Waals surface area contributed by atoms with E-state index in [1.54, 1.807) is 0 Å². The van der Waals surface area contributed by atoms with Crippen molar-refractivity contribution in [1.82, 2.24) is 5.32 Å². The standard InChI is InChI=1S/C19H31NO/c1-3-15-20-18(19(2)14-7-8-16-21-19)13-9-12-17-10-5-4-6-11-17/h4-6,10-11,18,20H,3,7-9,12-16H2,1-2H3. The molecule has 118 valence electrons. The minimum Gasteiger partial charge on any atom is -0.374 e. The molecule has 2 heteroatoms. The summed E-state index contributed by atoms with van der Waals surface area (Å²) in [6.07, 6.45) is 8.50. The van der Waals surface area contributed by atoms with Crippen LogP contribution in [0.1, 0.15) is 57.9 Å². The predicted octanol–water partition coefficient (Wildman–Crippen LogP) is 4.34. The molecule has 0 saturated carbocycles. The van der Waals surface area contributed by atoms with Crippen LogP contribution >= 0.6 is 0 Å². The topological polar surface area (TPSA) is 21.3 Å². The average molecular weight is 289 g/mol. The molecule has 1 saturated heterocycles. The van der Waals surface area contributed by atoms with E-state index in [1.165, 1.54) is 50.5 Å². The SMILES string of the molecule is CCCNC(CCCc1ccccc1)C1(C)CCCCO1. The Morgan fingerprint density at radius 1 is 1.24 bits per heavy atom. The molecule has 0 radical (unpaired) electrons. The molecule has 1 aliphatic heterocycles. The van der Waals surface area contributed by atoms with Gasteiger partial charge in [-0.1, -0.05) is 37.3 Å². The zero-order chi connectivity index (χ0) is 15.0. The molecule has 21 heavy (non-hydrogen) atoms. The van der Waals surface area contributed by atoms with Crippen molar-refractivity contribution in [2.45, 2.75) is 70.4 Å². The second-order valence-corrected chi connectivity index (χ2v) is 6.50. The number of benzene rings is 1. The van der Waals surface area contributed by atoms with Crippen LogP contribution in [0.3, 0.4) is 0 Å². The highest BCUT2D eigenvalue weighted by Crippen LogP contribution is 2.30. The Morgan fingerprint density at radius 3 is 2.71 bits per heavy atom. The first kappa shape index (κ1) is 16.5. The highest BCUT2D eigenvalue weighted by atomic mass is 16.5. The molecule has 2 atom stereocenters. The molecular weight excluding hydrogens is 258 g/mol. The third-order valence-electron chi connectivity index (χ3n) is 4.68. The van der Waals surface area contributed by atoms with Gasteiger partial charge in [0.2, 0.25) is 0 Å². The molecule has 0 spiro atoms. The summed E-state index contributed by atoms with van der Waals surface area (Å²) < 4.78 is 6.16. The van der Waals surface area contributed by atoms with Crippen molar-refractivity contribution in [2.24, 2.45) is 0 Å². The molecule has 0 bridgehead atoms. The van der Waals surface area contributed by atoms with Gasteiger partial charge in [0.25, 0.3) is 0 Å². The molecule has 1 heterocycles. The highest BCUT2D eigenvalue weighted by Gasteiger charge is 2.35. The van der Waals surface area contributed by atoms with Crippen LogP contribution < -0.4 is 5.32 Å². The fourth-order valence-corrected chi connectivity index (χ4v) is 3.33. The average Bonchev–Trinajstić information content (AvgIpc) is 2.52. The Morgan fingerprint density at radius 2 is 2.05 bits per heavy atom. The van der Waals surface area contributed by atoms with E-state index >= 15 is 0 Å². The van der Waals surface area contributed by atoms with Gasteiger partial charge in [0.05, 0.1) is 5.60 Å². The minimum atomic E-state index is 0.0319. The zero-order valence-corrected chi connectivity index (χ0v) is 13.7. The van der Waals surface area contributed by atoms with Crippen LogP contribution in [0.15, 0.2) is 30.3 Å². The number of ether oxygens (including phenoxy) is 1. The summed E-state index contributed by atoms with van der Waals surface area (Å²) in [4.78, 5) is 0. The molecule has 1 aliphatic rings. The normalized spacial score (nSPS) is 23.9.